The van der Waals surface area contributed by atoms with Crippen molar-refractivity contribution in [3.63, 3.8) is 0 Å². The molecule has 0 radical (unpaired) electrons. The Morgan fingerprint density at radius 3 is 2.75 bits per heavy atom. The van der Waals surface area contributed by atoms with Gasteiger partial charge < -0.3 is 11.1 Å². The van der Waals surface area contributed by atoms with Gasteiger partial charge in [0.1, 0.15) is 5.82 Å². The van der Waals surface area contributed by atoms with Crippen LogP contribution in [0.3, 0.4) is 0 Å². The number of hydrogen-bond donors (Lipinski definition) is 2. The van der Waals surface area contributed by atoms with E-state index in [9.17, 15) is 4.39 Å². The fourth-order valence-corrected chi connectivity index (χ4v) is 2.07. The molecular weight excluding hydrogens is 205 g/mol. The van der Waals surface area contributed by atoms with E-state index >= 15 is 0 Å². The third-order valence-electron chi connectivity index (χ3n) is 2.96. The third-order valence-corrected chi connectivity index (χ3v) is 2.96. The predicted molar refractivity (Wildman–Crippen MR) is 63.7 cm³/mol. The molecule has 0 aromatic heterocycles. The van der Waals surface area contributed by atoms with Gasteiger partial charge in [-0.2, -0.15) is 0 Å². The molecule has 0 unspecified atom stereocenters. The SMILES string of the molecule is Cc1cc(F)c(N)c(CN2CCNCC2)c1. The highest BCUT2D eigenvalue weighted by atomic mass is 19.1. The van der Waals surface area contributed by atoms with Gasteiger partial charge in [0.05, 0.1) is 5.69 Å². The summed E-state index contributed by atoms with van der Waals surface area (Å²) in [6.07, 6.45) is 0. The maximum atomic E-state index is 13.4. The number of aryl methyl sites for hydroxylation is 1. The van der Waals surface area contributed by atoms with Crippen molar-refractivity contribution in [2.24, 2.45) is 0 Å². The Balaban J connectivity index is 2.13. The van der Waals surface area contributed by atoms with Crippen molar-refractivity contribution in [3.8, 4) is 0 Å². The topological polar surface area (TPSA) is 41.3 Å². The first kappa shape index (κ1) is 11.4. The summed E-state index contributed by atoms with van der Waals surface area (Å²) < 4.78 is 13.4. The summed E-state index contributed by atoms with van der Waals surface area (Å²) in [4.78, 5) is 2.29. The van der Waals surface area contributed by atoms with Gasteiger partial charge in [0.15, 0.2) is 0 Å². The quantitative estimate of drug-likeness (QED) is 0.738. The van der Waals surface area contributed by atoms with Crippen LogP contribution in [-0.4, -0.2) is 31.1 Å². The number of nitrogens with two attached hydrogens (primary N) is 1. The van der Waals surface area contributed by atoms with E-state index < -0.39 is 0 Å². The Bertz CT molecular complexity index is 373. The standard InChI is InChI=1S/C12H18FN3/c1-9-6-10(12(14)11(13)7-9)8-16-4-2-15-3-5-16/h6-7,15H,2-5,8,14H2,1H3. The molecule has 1 aliphatic rings. The lowest BCUT2D eigenvalue weighted by Gasteiger charge is -2.27. The van der Waals surface area contributed by atoms with E-state index in [1.165, 1.54) is 6.07 Å². The van der Waals surface area contributed by atoms with Crippen molar-refractivity contribution < 1.29 is 4.39 Å². The zero-order valence-electron chi connectivity index (χ0n) is 9.59. The predicted octanol–water partition coefficient (Wildman–Crippen LogP) is 1.12. The molecule has 0 amide bonds. The number of nitrogen functional groups attached to an aromatic ring is 1. The van der Waals surface area contributed by atoms with Crippen molar-refractivity contribution in [2.75, 3.05) is 31.9 Å². The summed E-state index contributed by atoms with van der Waals surface area (Å²) in [5.74, 6) is -0.301. The van der Waals surface area contributed by atoms with E-state index in [2.05, 4.69) is 10.2 Å². The van der Waals surface area contributed by atoms with Crippen molar-refractivity contribution in [2.45, 2.75) is 13.5 Å². The number of benzene rings is 1. The molecule has 1 aromatic carbocycles. The summed E-state index contributed by atoms with van der Waals surface area (Å²) in [6, 6.07) is 3.46. The van der Waals surface area contributed by atoms with E-state index in [0.29, 0.717) is 5.69 Å². The van der Waals surface area contributed by atoms with E-state index in [0.717, 1.165) is 43.9 Å². The molecule has 0 spiro atoms. The Hall–Kier alpha value is -1.13. The summed E-state index contributed by atoms with van der Waals surface area (Å²) in [7, 11) is 0. The van der Waals surface area contributed by atoms with Crippen molar-refractivity contribution >= 4 is 5.69 Å². The molecule has 1 heterocycles. The van der Waals surface area contributed by atoms with Gasteiger partial charge in [0.2, 0.25) is 0 Å². The normalized spacial score (nSPS) is 17.6. The minimum absolute atomic E-state index is 0.295. The fourth-order valence-electron chi connectivity index (χ4n) is 2.07. The average Bonchev–Trinajstić information content (AvgIpc) is 2.27. The molecule has 3 nitrogen and oxygen atoms in total. The van der Waals surface area contributed by atoms with Gasteiger partial charge in [0, 0.05) is 32.7 Å². The monoisotopic (exact) mass is 223 g/mol. The first-order valence-corrected chi connectivity index (χ1v) is 5.64. The second-order valence-electron chi connectivity index (χ2n) is 4.35. The van der Waals surface area contributed by atoms with Crippen LogP contribution in [0.15, 0.2) is 12.1 Å². The molecule has 88 valence electrons. The maximum Gasteiger partial charge on any atom is 0.146 e. The smallest absolute Gasteiger partial charge is 0.146 e. The van der Waals surface area contributed by atoms with Gasteiger partial charge in [-0.25, -0.2) is 4.39 Å². The van der Waals surface area contributed by atoms with Gasteiger partial charge in [-0.1, -0.05) is 6.07 Å². The first-order chi connectivity index (χ1) is 7.66. The Kier molecular flexibility index (Phi) is 3.41. The number of piperazine rings is 1. The molecule has 3 N–H and O–H groups in total. The Morgan fingerprint density at radius 2 is 2.06 bits per heavy atom. The molecule has 1 aromatic rings. The molecule has 1 aliphatic heterocycles. The van der Waals surface area contributed by atoms with Gasteiger partial charge in [-0.15, -0.1) is 0 Å². The third kappa shape index (κ3) is 2.51. The number of nitrogens with zero attached hydrogens (tertiary/aromatic N) is 1. The van der Waals surface area contributed by atoms with E-state index in [1.807, 2.05) is 13.0 Å². The highest BCUT2D eigenvalue weighted by molar-refractivity contribution is 5.49. The van der Waals surface area contributed by atoms with E-state index in [4.69, 9.17) is 5.73 Å². The molecule has 0 aliphatic carbocycles. The summed E-state index contributed by atoms with van der Waals surface area (Å²) in [6.45, 7) is 6.61. The Labute approximate surface area is 95.4 Å². The second kappa shape index (κ2) is 4.80. The van der Waals surface area contributed by atoms with Crippen molar-refractivity contribution in [3.05, 3.63) is 29.1 Å². The molecule has 1 fully saturated rings. The molecule has 0 saturated carbocycles. The van der Waals surface area contributed by atoms with Crippen molar-refractivity contribution in [1.29, 1.82) is 0 Å². The molecule has 1 saturated heterocycles. The van der Waals surface area contributed by atoms with Crippen LogP contribution < -0.4 is 11.1 Å². The fraction of sp³-hybridized carbons (Fsp3) is 0.500. The molecule has 2 rings (SSSR count). The molecule has 16 heavy (non-hydrogen) atoms. The number of halogens is 1. The molecule has 0 bridgehead atoms. The van der Waals surface area contributed by atoms with Crippen molar-refractivity contribution in [1.82, 2.24) is 10.2 Å². The van der Waals surface area contributed by atoms with Crippen LogP contribution in [0.2, 0.25) is 0 Å². The zero-order valence-corrected chi connectivity index (χ0v) is 9.59. The molecule has 4 heteroatoms. The lowest BCUT2D eigenvalue weighted by atomic mass is 10.1. The highest BCUT2D eigenvalue weighted by Crippen LogP contribution is 2.20. The second-order valence-corrected chi connectivity index (χ2v) is 4.35. The van der Waals surface area contributed by atoms with Gasteiger partial charge >= 0.3 is 0 Å². The van der Waals surface area contributed by atoms with Crippen LogP contribution in [0.1, 0.15) is 11.1 Å². The zero-order chi connectivity index (χ0) is 11.5. The number of hydrogen-bond acceptors (Lipinski definition) is 3. The number of rotatable bonds is 2. The highest BCUT2D eigenvalue weighted by Gasteiger charge is 2.13. The lowest BCUT2D eigenvalue weighted by molar-refractivity contribution is 0.233. The summed E-state index contributed by atoms with van der Waals surface area (Å²) in [5, 5.41) is 3.29. The van der Waals surface area contributed by atoms with E-state index in [1.54, 1.807) is 0 Å². The summed E-state index contributed by atoms with van der Waals surface area (Å²) in [5.41, 5.74) is 7.88. The minimum Gasteiger partial charge on any atom is -0.396 e. The van der Waals surface area contributed by atoms with Gasteiger partial charge in [0.25, 0.3) is 0 Å². The van der Waals surface area contributed by atoms with E-state index in [-0.39, 0.29) is 5.82 Å². The van der Waals surface area contributed by atoms with Gasteiger partial charge in [-0.3, -0.25) is 4.90 Å². The van der Waals surface area contributed by atoms with Gasteiger partial charge in [-0.05, 0) is 24.1 Å². The van der Waals surface area contributed by atoms with Crippen LogP contribution in [0.5, 0.6) is 0 Å². The maximum absolute atomic E-state index is 13.4. The van der Waals surface area contributed by atoms with Crippen LogP contribution in [0.25, 0.3) is 0 Å². The minimum atomic E-state index is -0.301. The van der Waals surface area contributed by atoms with Crippen LogP contribution in [-0.2, 0) is 6.54 Å². The van der Waals surface area contributed by atoms with Crippen LogP contribution in [0.4, 0.5) is 10.1 Å². The first-order valence-electron chi connectivity index (χ1n) is 5.64. The summed E-state index contributed by atoms with van der Waals surface area (Å²) >= 11 is 0. The van der Waals surface area contributed by atoms with Crippen LogP contribution in [0, 0.1) is 12.7 Å². The molecular formula is C12H18FN3. The van der Waals surface area contributed by atoms with Crippen LogP contribution >= 0.6 is 0 Å². The lowest BCUT2D eigenvalue weighted by Crippen LogP contribution is -2.43. The Morgan fingerprint density at radius 1 is 1.38 bits per heavy atom. The largest absolute Gasteiger partial charge is 0.396 e. The number of anilines is 1. The molecule has 0 atom stereocenters. The number of nitrogens with one attached hydrogen (secondary N) is 1. The average molecular weight is 223 g/mol.